The van der Waals surface area contributed by atoms with E-state index in [1.165, 1.54) is 0 Å². The minimum absolute atomic E-state index is 0.779. The average Bonchev–Trinajstić information content (AvgIpc) is 1.37. The molecular weight excluding hydrogens is 67.0 g/mol. The van der Waals surface area contributed by atoms with Gasteiger partial charge in [-0.15, -0.1) is 0 Å². The van der Waals surface area contributed by atoms with Crippen molar-refractivity contribution < 1.29 is 0 Å². The molecule has 0 aromatic rings. The van der Waals surface area contributed by atoms with E-state index in [2.05, 4.69) is 13.2 Å². The first-order chi connectivity index (χ1) is 1.91. The Balaban J connectivity index is 2.30. The maximum atomic E-state index is 3.57. The molecule has 0 saturated heterocycles. The molecule has 0 aliphatic carbocycles. The molecule has 1 heteroatoms. The summed E-state index contributed by atoms with van der Waals surface area (Å²) in [6.07, 6.45) is 4.56. The van der Waals surface area contributed by atoms with Crippen molar-refractivity contribution >= 4 is 14.5 Å². The predicted octanol–water partition coefficient (Wildman–Crippen LogP) is 0.931. The summed E-state index contributed by atoms with van der Waals surface area (Å²) in [6.45, 7) is 3.55. The molecule has 1 atom stereocenters. The third kappa shape index (κ3) is 2.17. The first kappa shape index (κ1) is 4.17. The Morgan fingerprint density at radius 1 is 2.00 bits per heavy atom. The molecule has 0 aromatic heterocycles. The van der Waals surface area contributed by atoms with Crippen LogP contribution in [0.25, 0.3) is 0 Å². The summed E-state index contributed by atoms with van der Waals surface area (Å²) in [7, 11) is 0.779. The zero-order valence-corrected chi connectivity index (χ0v) is 3.62. The normalized spacial score (nSPS) is 8.25. The molecule has 0 aliphatic heterocycles. The fourth-order valence-corrected chi connectivity index (χ4v) is 0. The van der Waals surface area contributed by atoms with Gasteiger partial charge in [-0.25, -0.2) is 0 Å². The van der Waals surface area contributed by atoms with Gasteiger partial charge in [0.1, 0.15) is 0 Å². The van der Waals surface area contributed by atoms with Crippen LogP contribution in [0.4, 0.5) is 0 Å². The first-order valence-electron chi connectivity index (χ1n) is 1.21. The van der Waals surface area contributed by atoms with E-state index in [-0.39, 0.29) is 0 Å². The van der Waals surface area contributed by atoms with Crippen LogP contribution in [0.3, 0.4) is 0 Å². The molecule has 4 heavy (non-hydrogen) atoms. The number of rotatable bonds is 1. The Morgan fingerprint density at radius 3 is 2.25 bits per heavy atom. The van der Waals surface area contributed by atoms with Gasteiger partial charge in [0.05, 0.1) is 6.30 Å². The van der Waals surface area contributed by atoms with E-state index in [1.54, 1.807) is 0 Å². The van der Waals surface area contributed by atoms with Crippen LogP contribution in [0.2, 0.25) is 0 Å². The highest BCUT2D eigenvalue weighted by molar-refractivity contribution is 7.36. The van der Waals surface area contributed by atoms with Gasteiger partial charge in [0.25, 0.3) is 0 Å². The molecule has 0 fully saturated rings. The third-order valence-electron chi connectivity index (χ3n) is 0.177. The lowest BCUT2D eigenvalue weighted by atomic mass is 11.0. The molecule has 0 aliphatic rings. The lowest BCUT2D eigenvalue weighted by molar-refractivity contribution is 1.84. The van der Waals surface area contributed by atoms with Crippen LogP contribution in [-0.4, -0.2) is 12.5 Å². The Bertz CT molecular complexity index is 17.2. The second-order valence-corrected chi connectivity index (χ2v) is 1.50. The average molecular weight is 74.1 g/mol. The fraction of sp³-hybridized carbons (Fsp3) is 0.333. The highest BCUT2D eigenvalue weighted by Crippen LogP contribution is 1.80. The largest absolute Gasteiger partial charge is 0.300 e. The van der Waals surface area contributed by atoms with Crippen molar-refractivity contribution in [3.8, 4) is 0 Å². The second kappa shape index (κ2) is 3.17. The molecule has 0 rings (SSSR count). The lowest BCUT2D eigenvalue weighted by Crippen LogP contribution is -1.42. The number of hydrogen-bond donors (Lipinski definition) is 0. The van der Waals surface area contributed by atoms with Gasteiger partial charge in [0.2, 0.25) is 0 Å². The highest BCUT2D eigenvalue weighted by Gasteiger charge is 1.47. The summed E-state index contributed by atoms with van der Waals surface area (Å²) in [6, 6.07) is 0. The molecule has 0 heterocycles. The van der Waals surface area contributed by atoms with E-state index in [9.17, 15) is 0 Å². The first-order valence-corrected chi connectivity index (χ1v) is 2.62. The van der Waals surface area contributed by atoms with Gasteiger partial charge < -0.3 is 0 Å². The SMILES string of the molecule is C=[PH+]C[CH2-]. The molecule has 0 spiro atoms. The maximum Gasteiger partial charge on any atom is 0.0670 e. The smallest absolute Gasteiger partial charge is 0.0670 e. The van der Waals surface area contributed by atoms with E-state index in [0.717, 1.165) is 14.4 Å². The van der Waals surface area contributed by atoms with Crippen LogP contribution in [0, 0.1) is 6.92 Å². The number of hydrogen-bond acceptors (Lipinski definition) is 0. The van der Waals surface area contributed by atoms with E-state index in [0.29, 0.717) is 0 Å². The summed E-state index contributed by atoms with van der Waals surface area (Å²) < 4.78 is 0. The van der Waals surface area contributed by atoms with Gasteiger partial charge in [-0.05, 0) is 6.16 Å². The molecule has 0 amide bonds. The summed E-state index contributed by atoms with van der Waals surface area (Å²) in [5.41, 5.74) is 0. The van der Waals surface area contributed by atoms with Crippen LogP contribution in [0.1, 0.15) is 0 Å². The quantitative estimate of drug-likeness (QED) is 0.320. The minimum atomic E-state index is 0.779. The van der Waals surface area contributed by atoms with Gasteiger partial charge in [0.15, 0.2) is 0 Å². The van der Waals surface area contributed by atoms with Crippen LogP contribution >= 0.6 is 8.20 Å². The van der Waals surface area contributed by atoms with E-state index in [4.69, 9.17) is 0 Å². The van der Waals surface area contributed by atoms with Gasteiger partial charge in [-0.3, -0.25) is 6.92 Å². The molecule has 0 aromatic carbocycles. The van der Waals surface area contributed by atoms with E-state index in [1.807, 2.05) is 0 Å². The Hall–Kier alpha value is 0.170. The summed E-state index contributed by atoms with van der Waals surface area (Å²) >= 11 is 0. The molecule has 0 nitrogen and oxygen atoms in total. The van der Waals surface area contributed by atoms with E-state index >= 15 is 0 Å². The Morgan fingerprint density at radius 2 is 2.25 bits per heavy atom. The molecule has 0 N–H and O–H groups in total. The van der Waals surface area contributed by atoms with Crippen molar-refractivity contribution in [2.45, 2.75) is 0 Å². The van der Waals surface area contributed by atoms with Crippen molar-refractivity contribution in [1.29, 1.82) is 0 Å². The minimum Gasteiger partial charge on any atom is -0.300 e. The van der Waals surface area contributed by atoms with Crippen LogP contribution in [-0.2, 0) is 0 Å². The third-order valence-corrected chi connectivity index (χ3v) is 0.530. The van der Waals surface area contributed by atoms with Crippen molar-refractivity contribution in [3.63, 3.8) is 0 Å². The zero-order valence-electron chi connectivity index (χ0n) is 2.62. The summed E-state index contributed by atoms with van der Waals surface area (Å²) in [5.74, 6) is 0. The second-order valence-electron chi connectivity index (χ2n) is 0.500. The molecular formula is C3H7P. The van der Waals surface area contributed by atoms with Gasteiger partial charge in [0, 0.05) is 8.20 Å². The molecule has 0 radical (unpaired) electrons. The van der Waals surface area contributed by atoms with Crippen LogP contribution in [0.5, 0.6) is 0 Å². The molecule has 1 unspecified atom stereocenters. The molecule has 0 bridgehead atoms. The highest BCUT2D eigenvalue weighted by atomic mass is 31.1. The topological polar surface area (TPSA) is 0 Å². The Labute approximate surface area is 28.6 Å². The van der Waals surface area contributed by atoms with Crippen LogP contribution < -0.4 is 0 Å². The lowest BCUT2D eigenvalue weighted by Gasteiger charge is -1.57. The Kier molecular flexibility index (Phi) is 3.30. The summed E-state index contributed by atoms with van der Waals surface area (Å²) in [5, 5.41) is 0. The molecule has 0 saturated carbocycles. The van der Waals surface area contributed by atoms with Gasteiger partial charge >= 0.3 is 0 Å². The van der Waals surface area contributed by atoms with Crippen molar-refractivity contribution in [2.24, 2.45) is 0 Å². The van der Waals surface area contributed by atoms with Crippen molar-refractivity contribution in [3.05, 3.63) is 6.92 Å². The standard InChI is InChI=1S/C3H6P/c1-3-4-2/h1-3H2/q-1/p+1. The predicted molar refractivity (Wildman–Crippen MR) is 25.7 cm³/mol. The van der Waals surface area contributed by atoms with Crippen molar-refractivity contribution in [1.82, 2.24) is 0 Å². The van der Waals surface area contributed by atoms with Crippen LogP contribution in [0.15, 0.2) is 0 Å². The van der Waals surface area contributed by atoms with E-state index < -0.39 is 0 Å². The fourth-order valence-electron chi connectivity index (χ4n) is 0. The zero-order chi connectivity index (χ0) is 3.41. The monoisotopic (exact) mass is 74.0 g/mol. The van der Waals surface area contributed by atoms with Gasteiger partial charge in [-0.1, -0.05) is 0 Å². The summed E-state index contributed by atoms with van der Waals surface area (Å²) in [4.78, 5) is 0. The van der Waals surface area contributed by atoms with Crippen molar-refractivity contribution in [2.75, 3.05) is 6.16 Å². The molecule has 24 valence electrons. The maximum absolute atomic E-state index is 3.57. The van der Waals surface area contributed by atoms with Gasteiger partial charge in [-0.2, -0.15) is 0 Å².